The fourth-order valence-corrected chi connectivity index (χ4v) is 4.62. The number of methoxy groups -OCH3 is 1. The lowest BCUT2D eigenvalue weighted by Gasteiger charge is -2.25. The van der Waals surface area contributed by atoms with Crippen LogP contribution in [0, 0.1) is 0 Å². The van der Waals surface area contributed by atoms with Crippen molar-refractivity contribution in [2.24, 2.45) is 0 Å². The molecule has 1 N–H and O–H groups in total. The third-order valence-corrected chi connectivity index (χ3v) is 6.17. The molecule has 26 heavy (non-hydrogen) atoms. The number of sulfonamides is 1. The number of hydrogen-bond acceptors (Lipinski definition) is 5. The van der Waals surface area contributed by atoms with Crippen molar-refractivity contribution >= 4 is 16.0 Å². The van der Waals surface area contributed by atoms with Crippen LogP contribution in [-0.2, 0) is 16.6 Å². The highest BCUT2D eigenvalue weighted by Crippen LogP contribution is 2.23. The van der Waals surface area contributed by atoms with Crippen molar-refractivity contribution in [3.8, 4) is 5.75 Å². The van der Waals surface area contributed by atoms with Gasteiger partial charge in [0.2, 0.25) is 5.03 Å². The lowest BCUT2D eigenvalue weighted by Crippen LogP contribution is -2.36. The Morgan fingerprint density at radius 2 is 2.00 bits per heavy atom. The maximum atomic E-state index is 12.8. The first-order valence-corrected chi connectivity index (χ1v) is 9.79. The largest absolute Gasteiger partial charge is 0.497 e. The standard InChI is InChI=1S/C17H21N3O5S/c1-25-14-7-5-6-13(10-14)11-19-12-15(17(21)22)16(18-19)26(23,24)20-8-3-2-4-9-20/h5-7,10,12H,2-4,8-9,11H2,1H3,(H,21,22). The van der Waals surface area contributed by atoms with Gasteiger partial charge in [0.05, 0.1) is 13.7 Å². The van der Waals surface area contributed by atoms with Crippen LogP contribution in [0.1, 0.15) is 35.2 Å². The molecule has 0 bridgehead atoms. The zero-order valence-electron chi connectivity index (χ0n) is 14.5. The molecular weight excluding hydrogens is 358 g/mol. The molecule has 2 heterocycles. The van der Waals surface area contributed by atoms with Gasteiger partial charge in [-0.25, -0.2) is 13.2 Å². The van der Waals surface area contributed by atoms with Crippen LogP contribution in [0.4, 0.5) is 0 Å². The zero-order chi connectivity index (χ0) is 18.7. The second kappa shape index (κ2) is 7.46. The number of carbonyl (C=O) groups is 1. The predicted octanol–water partition coefficient (Wildman–Crippen LogP) is 1.81. The van der Waals surface area contributed by atoms with Gasteiger partial charge in [-0.15, -0.1) is 0 Å². The number of carboxylic acids is 1. The van der Waals surface area contributed by atoms with Crippen LogP contribution >= 0.6 is 0 Å². The molecular formula is C17H21N3O5S. The molecule has 0 unspecified atom stereocenters. The van der Waals surface area contributed by atoms with Gasteiger partial charge >= 0.3 is 5.97 Å². The third-order valence-electron chi connectivity index (χ3n) is 4.34. The number of rotatable bonds is 6. The van der Waals surface area contributed by atoms with E-state index in [-0.39, 0.29) is 12.1 Å². The topological polar surface area (TPSA) is 102 Å². The number of aromatic carboxylic acids is 1. The van der Waals surface area contributed by atoms with Gasteiger partial charge in [-0.1, -0.05) is 18.6 Å². The molecule has 2 aromatic rings. The summed E-state index contributed by atoms with van der Waals surface area (Å²) < 4.78 is 33.5. The van der Waals surface area contributed by atoms with E-state index in [9.17, 15) is 18.3 Å². The highest BCUT2D eigenvalue weighted by atomic mass is 32.2. The van der Waals surface area contributed by atoms with Crippen LogP contribution < -0.4 is 4.74 Å². The molecule has 0 aliphatic carbocycles. The minimum Gasteiger partial charge on any atom is -0.497 e. The summed E-state index contributed by atoms with van der Waals surface area (Å²) in [6.45, 7) is 1.03. The maximum absolute atomic E-state index is 12.8. The Balaban J connectivity index is 1.94. The van der Waals surface area contributed by atoms with Gasteiger partial charge in [0, 0.05) is 19.3 Å². The smallest absolute Gasteiger partial charge is 0.340 e. The van der Waals surface area contributed by atoms with Crippen LogP contribution in [-0.4, -0.2) is 53.8 Å². The van der Waals surface area contributed by atoms with E-state index >= 15 is 0 Å². The quantitative estimate of drug-likeness (QED) is 0.821. The first-order valence-electron chi connectivity index (χ1n) is 8.35. The van der Waals surface area contributed by atoms with Crippen molar-refractivity contribution in [3.05, 3.63) is 41.6 Å². The van der Waals surface area contributed by atoms with E-state index in [4.69, 9.17) is 4.74 Å². The lowest BCUT2D eigenvalue weighted by atomic mass is 10.2. The third kappa shape index (κ3) is 3.73. The molecule has 1 aromatic heterocycles. The minimum absolute atomic E-state index is 0.243. The fraction of sp³-hybridized carbons (Fsp3) is 0.412. The molecule has 9 heteroatoms. The number of aromatic nitrogens is 2. The van der Waals surface area contributed by atoms with Gasteiger partial charge in [0.1, 0.15) is 11.3 Å². The number of piperidine rings is 1. The average Bonchev–Trinajstić information content (AvgIpc) is 3.07. The number of hydrogen-bond donors (Lipinski definition) is 1. The van der Waals surface area contributed by atoms with E-state index in [2.05, 4.69) is 5.10 Å². The van der Waals surface area contributed by atoms with Crippen molar-refractivity contribution in [1.29, 1.82) is 0 Å². The van der Waals surface area contributed by atoms with E-state index in [0.29, 0.717) is 18.8 Å². The number of ether oxygens (including phenoxy) is 1. The van der Waals surface area contributed by atoms with Crippen molar-refractivity contribution < 1.29 is 23.1 Å². The van der Waals surface area contributed by atoms with Gasteiger partial charge in [-0.05, 0) is 30.5 Å². The van der Waals surface area contributed by atoms with E-state index in [0.717, 1.165) is 24.8 Å². The normalized spacial score (nSPS) is 15.7. The van der Waals surface area contributed by atoms with Crippen LogP contribution in [0.3, 0.4) is 0 Å². The molecule has 1 aliphatic rings. The van der Waals surface area contributed by atoms with Crippen LogP contribution in [0.15, 0.2) is 35.5 Å². The molecule has 1 fully saturated rings. The van der Waals surface area contributed by atoms with Gasteiger partial charge in [0.15, 0.2) is 0 Å². The molecule has 1 aromatic carbocycles. The van der Waals surface area contributed by atoms with Gasteiger partial charge in [-0.3, -0.25) is 4.68 Å². The van der Waals surface area contributed by atoms with Gasteiger partial charge in [0.25, 0.3) is 10.0 Å². The second-order valence-electron chi connectivity index (χ2n) is 6.17. The first kappa shape index (κ1) is 18.4. The Morgan fingerprint density at radius 1 is 1.27 bits per heavy atom. The zero-order valence-corrected chi connectivity index (χ0v) is 15.3. The maximum Gasteiger partial charge on any atom is 0.340 e. The fourth-order valence-electron chi connectivity index (χ4n) is 3.01. The summed E-state index contributed by atoms with van der Waals surface area (Å²) in [5.74, 6) is -0.647. The van der Waals surface area contributed by atoms with Crippen molar-refractivity contribution in [3.63, 3.8) is 0 Å². The van der Waals surface area contributed by atoms with E-state index in [1.165, 1.54) is 15.2 Å². The Bertz CT molecular complexity index is 901. The van der Waals surface area contributed by atoms with Gasteiger partial charge < -0.3 is 9.84 Å². The highest BCUT2D eigenvalue weighted by Gasteiger charge is 2.33. The molecule has 8 nitrogen and oxygen atoms in total. The minimum atomic E-state index is -3.93. The summed E-state index contributed by atoms with van der Waals surface area (Å²) in [5, 5.41) is 13.1. The van der Waals surface area contributed by atoms with Crippen molar-refractivity contribution in [1.82, 2.24) is 14.1 Å². The molecule has 0 radical (unpaired) electrons. The molecule has 3 rings (SSSR count). The average molecular weight is 379 g/mol. The van der Waals surface area contributed by atoms with E-state index < -0.39 is 21.0 Å². The number of carboxylic acid groups (broad SMARTS) is 1. The van der Waals surface area contributed by atoms with Gasteiger partial charge in [-0.2, -0.15) is 9.40 Å². The summed E-state index contributed by atoms with van der Waals surface area (Å²) in [7, 11) is -2.37. The Morgan fingerprint density at radius 3 is 2.65 bits per heavy atom. The Hall–Kier alpha value is -2.39. The molecule has 0 amide bonds. The predicted molar refractivity (Wildman–Crippen MR) is 93.9 cm³/mol. The Kier molecular flexibility index (Phi) is 5.28. The highest BCUT2D eigenvalue weighted by molar-refractivity contribution is 7.89. The summed E-state index contributed by atoms with van der Waals surface area (Å²) in [6, 6.07) is 7.23. The van der Waals surface area contributed by atoms with E-state index in [1.807, 2.05) is 6.07 Å². The van der Waals surface area contributed by atoms with Crippen LogP contribution in [0.2, 0.25) is 0 Å². The molecule has 1 aliphatic heterocycles. The lowest BCUT2D eigenvalue weighted by molar-refractivity contribution is 0.0692. The summed E-state index contributed by atoms with van der Waals surface area (Å²) in [4.78, 5) is 11.6. The second-order valence-corrected chi connectivity index (χ2v) is 8.02. The number of nitrogens with zero attached hydrogens (tertiary/aromatic N) is 3. The molecule has 0 saturated carbocycles. The summed E-state index contributed by atoms with van der Waals surface area (Å²) in [5.41, 5.74) is 0.518. The number of benzene rings is 1. The van der Waals surface area contributed by atoms with E-state index in [1.54, 1.807) is 25.3 Å². The summed E-state index contributed by atoms with van der Waals surface area (Å²) >= 11 is 0. The monoisotopic (exact) mass is 379 g/mol. The van der Waals surface area contributed by atoms with Crippen LogP contribution in [0.5, 0.6) is 5.75 Å². The molecule has 0 atom stereocenters. The molecule has 140 valence electrons. The first-order chi connectivity index (χ1) is 12.4. The SMILES string of the molecule is COc1cccc(Cn2cc(C(=O)O)c(S(=O)(=O)N3CCCCC3)n2)c1. The van der Waals surface area contributed by atoms with Crippen molar-refractivity contribution in [2.45, 2.75) is 30.8 Å². The Labute approximate surface area is 152 Å². The summed E-state index contributed by atoms with van der Waals surface area (Å²) in [6.07, 6.45) is 3.78. The van der Waals surface area contributed by atoms with Crippen molar-refractivity contribution in [2.75, 3.05) is 20.2 Å². The molecule has 0 spiro atoms. The van der Waals surface area contributed by atoms with Crippen LogP contribution in [0.25, 0.3) is 0 Å². The molecule has 1 saturated heterocycles.